The van der Waals surface area contributed by atoms with Gasteiger partial charge in [0.25, 0.3) is 0 Å². The molecule has 3 aromatic heterocycles. The zero-order valence-electron chi connectivity index (χ0n) is 24.7. The van der Waals surface area contributed by atoms with Gasteiger partial charge in [-0.1, -0.05) is 109 Å². The minimum atomic E-state index is 0.556. The predicted molar refractivity (Wildman–Crippen MR) is 190 cm³/mol. The monoisotopic (exact) mass is 587 g/mol. The third kappa shape index (κ3) is 3.55. The van der Waals surface area contributed by atoms with Crippen LogP contribution in [0.3, 0.4) is 0 Å². The Morgan fingerprint density at radius 2 is 1.07 bits per heavy atom. The summed E-state index contributed by atoms with van der Waals surface area (Å²) in [6.07, 6.45) is 3.43. The standard InChI is InChI=1S/C42H25N3O/c1-2-17-35-31(14-1)34-19-9-18-30(38(34)39-40-42(46-41(35)39)44-23-22-43-40)28-12-7-10-26(24-28)27-11-8-13-29(25-27)45-36-20-5-3-15-32(36)33-16-4-6-21-37(33)45/h1-25H. The number of rotatable bonds is 3. The molecular weight excluding hydrogens is 562 g/mol. The largest absolute Gasteiger partial charge is 0.436 e. The van der Waals surface area contributed by atoms with Crippen LogP contribution < -0.4 is 0 Å². The second-order valence-electron chi connectivity index (χ2n) is 11.8. The maximum absolute atomic E-state index is 6.39. The SMILES string of the molecule is c1cc(-c2cccc(-n3c4ccccc4c4ccccc43)c2)cc(-c2cccc3c4ccccc4c4oc5nccnc5c4c23)c1. The van der Waals surface area contributed by atoms with E-state index in [0.717, 1.165) is 60.6 Å². The summed E-state index contributed by atoms with van der Waals surface area (Å²) in [4.78, 5) is 9.27. The van der Waals surface area contributed by atoms with E-state index in [2.05, 4.69) is 149 Å². The van der Waals surface area contributed by atoms with Gasteiger partial charge >= 0.3 is 0 Å². The van der Waals surface area contributed by atoms with E-state index in [1.54, 1.807) is 12.4 Å². The first-order chi connectivity index (χ1) is 22.8. The van der Waals surface area contributed by atoms with Gasteiger partial charge in [0.15, 0.2) is 0 Å². The minimum Gasteiger partial charge on any atom is -0.436 e. The number of nitrogens with zero attached hydrogens (tertiary/aromatic N) is 3. The first-order valence-electron chi connectivity index (χ1n) is 15.5. The number of benzene rings is 7. The maximum Gasteiger partial charge on any atom is 0.246 e. The third-order valence-electron chi connectivity index (χ3n) is 9.29. The molecule has 0 aliphatic rings. The van der Waals surface area contributed by atoms with Crippen LogP contribution in [0.1, 0.15) is 0 Å². The highest BCUT2D eigenvalue weighted by molar-refractivity contribution is 6.32. The van der Waals surface area contributed by atoms with Crippen LogP contribution in [0, 0.1) is 0 Å². The normalized spacial score (nSPS) is 11.9. The van der Waals surface area contributed by atoms with E-state index in [9.17, 15) is 0 Å². The van der Waals surface area contributed by atoms with Crippen molar-refractivity contribution in [2.75, 3.05) is 0 Å². The van der Waals surface area contributed by atoms with Crippen LogP contribution in [-0.2, 0) is 0 Å². The Balaban J connectivity index is 1.20. The lowest BCUT2D eigenvalue weighted by atomic mass is 9.90. The van der Waals surface area contributed by atoms with Crippen molar-refractivity contribution in [2.45, 2.75) is 0 Å². The van der Waals surface area contributed by atoms with Gasteiger partial charge in [-0.25, -0.2) is 9.97 Å². The van der Waals surface area contributed by atoms with Gasteiger partial charge in [-0.3, -0.25) is 0 Å². The molecule has 10 rings (SSSR count). The maximum atomic E-state index is 6.39. The van der Waals surface area contributed by atoms with Crippen molar-refractivity contribution in [3.05, 3.63) is 152 Å². The summed E-state index contributed by atoms with van der Waals surface area (Å²) in [7, 11) is 0. The van der Waals surface area contributed by atoms with E-state index >= 15 is 0 Å². The number of fused-ring (bicyclic) bond motifs is 11. The Labute approximate surface area is 263 Å². The quantitative estimate of drug-likeness (QED) is 0.193. The van der Waals surface area contributed by atoms with Crippen LogP contribution in [-0.4, -0.2) is 14.5 Å². The third-order valence-corrected chi connectivity index (χ3v) is 9.29. The van der Waals surface area contributed by atoms with Gasteiger partial charge in [-0.2, -0.15) is 0 Å². The molecule has 214 valence electrons. The number of furan rings is 1. The van der Waals surface area contributed by atoms with Crippen LogP contribution in [0.4, 0.5) is 0 Å². The zero-order valence-corrected chi connectivity index (χ0v) is 24.7. The minimum absolute atomic E-state index is 0.556. The molecule has 46 heavy (non-hydrogen) atoms. The molecule has 0 aliphatic heterocycles. The van der Waals surface area contributed by atoms with Gasteiger partial charge in [0, 0.05) is 39.6 Å². The van der Waals surface area contributed by atoms with E-state index in [0.29, 0.717) is 5.71 Å². The summed E-state index contributed by atoms with van der Waals surface area (Å²) in [5.74, 6) is 0. The second kappa shape index (κ2) is 9.62. The average Bonchev–Trinajstić information content (AvgIpc) is 3.68. The molecule has 0 saturated heterocycles. The lowest BCUT2D eigenvalue weighted by Crippen LogP contribution is -1.94. The number of hydrogen-bond acceptors (Lipinski definition) is 3. The smallest absolute Gasteiger partial charge is 0.246 e. The fraction of sp³-hybridized carbons (Fsp3) is 0. The molecule has 0 N–H and O–H groups in total. The van der Waals surface area contributed by atoms with Gasteiger partial charge in [0.2, 0.25) is 5.71 Å². The molecule has 0 unspecified atom stereocenters. The molecule has 7 aromatic carbocycles. The van der Waals surface area contributed by atoms with Crippen LogP contribution in [0.5, 0.6) is 0 Å². The van der Waals surface area contributed by atoms with Crippen molar-refractivity contribution in [2.24, 2.45) is 0 Å². The number of aromatic nitrogens is 3. The lowest BCUT2D eigenvalue weighted by molar-refractivity contribution is 0.656. The Hall–Kier alpha value is -6.26. The summed E-state index contributed by atoms with van der Waals surface area (Å²) >= 11 is 0. The summed E-state index contributed by atoms with van der Waals surface area (Å²) in [5, 5.41) is 8.05. The molecule has 0 amide bonds. The van der Waals surface area contributed by atoms with E-state index < -0.39 is 0 Å². The van der Waals surface area contributed by atoms with Crippen LogP contribution in [0.15, 0.2) is 156 Å². The topological polar surface area (TPSA) is 43.9 Å². The van der Waals surface area contributed by atoms with E-state index in [1.807, 2.05) is 0 Å². The van der Waals surface area contributed by atoms with E-state index in [-0.39, 0.29) is 0 Å². The highest BCUT2D eigenvalue weighted by Gasteiger charge is 2.20. The van der Waals surface area contributed by atoms with Crippen LogP contribution in [0.25, 0.3) is 93.5 Å². The summed E-state index contributed by atoms with van der Waals surface area (Å²) in [6.45, 7) is 0. The molecule has 0 radical (unpaired) electrons. The van der Waals surface area contributed by atoms with Gasteiger partial charge in [-0.15, -0.1) is 0 Å². The van der Waals surface area contributed by atoms with Crippen LogP contribution >= 0.6 is 0 Å². The fourth-order valence-corrected chi connectivity index (χ4v) is 7.34. The molecule has 3 heterocycles. The fourth-order valence-electron chi connectivity index (χ4n) is 7.34. The Morgan fingerprint density at radius 3 is 1.87 bits per heavy atom. The second-order valence-corrected chi connectivity index (χ2v) is 11.8. The van der Waals surface area contributed by atoms with Crippen molar-refractivity contribution in [1.29, 1.82) is 0 Å². The van der Waals surface area contributed by atoms with Crippen molar-refractivity contribution >= 4 is 65.6 Å². The first kappa shape index (κ1) is 25.1. The van der Waals surface area contributed by atoms with E-state index in [4.69, 9.17) is 9.40 Å². The van der Waals surface area contributed by atoms with Crippen LogP contribution in [0.2, 0.25) is 0 Å². The molecule has 0 saturated carbocycles. The van der Waals surface area contributed by atoms with Crippen molar-refractivity contribution in [3.63, 3.8) is 0 Å². The molecule has 0 aliphatic carbocycles. The summed E-state index contributed by atoms with van der Waals surface area (Å²) in [6, 6.07) is 50.0. The number of para-hydroxylation sites is 2. The molecule has 4 nitrogen and oxygen atoms in total. The van der Waals surface area contributed by atoms with Crippen molar-refractivity contribution in [1.82, 2.24) is 14.5 Å². The van der Waals surface area contributed by atoms with E-state index in [1.165, 1.54) is 27.2 Å². The predicted octanol–water partition coefficient (Wildman–Crippen LogP) is 11.1. The van der Waals surface area contributed by atoms with Gasteiger partial charge in [0.1, 0.15) is 11.1 Å². The molecule has 0 spiro atoms. The highest BCUT2D eigenvalue weighted by atomic mass is 16.3. The molecule has 0 bridgehead atoms. The Kier molecular flexibility index (Phi) is 5.25. The van der Waals surface area contributed by atoms with Gasteiger partial charge < -0.3 is 8.98 Å². The molecular formula is C42H25N3O. The van der Waals surface area contributed by atoms with Gasteiger partial charge in [-0.05, 0) is 63.4 Å². The molecule has 0 fully saturated rings. The molecule has 4 heteroatoms. The Bertz CT molecular complexity index is 2770. The van der Waals surface area contributed by atoms with Crippen molar-refractivity contribution in [3.8, 4) is 27.9 Å². The summed E-state index contributed by atoms with van der Waals surface area (Å²) in [5.41, 5.74) is 10.3. The Morgan fingerprint density at radius 1 is 0.457 bits per heavy atom. The summed E-state index contributed by atoms with van der Waals surface area (Å²) < 4.78 is 8.76. The zero-order chi connectivity index (χ0) is 30.2. The van der Waals surface area contributed by atoms with Crippen molar-refractivity contribution < 1.29 is 4.42 Å². The highest BCUT2D eigenvalue weighted by Crippen LogP contribution is 2.44. The van der Waals surface area contributed by atoms with Gasteiger partial charge in [0.05, 0.1) is 16.4 Å². The molecule has 10 aromatic rings. The molecule has 0 atom stereocenters. The average molecular weight is 588 g/mol. The first-order valence-corrected chi connectivity index (χ1v) is 15.5. The lowest BCUT2D eigenvalue weighted by Gasteiger charge is -2.13. The number of hydrogen-bond donors (Lipinski definition) is 0.